The molecule has 84 valence electrons. The fraction of sp³-hybridized carbons (Fsp3) is 0.300. The number of aryl methyl sites for hydroxylation is 2. The minimum absolute atomic E-state index is 0.166. The average Bonchev–Trinajstić information content (AvgIpc) is 2.54. The lowest BCUT2D eigenvalue weighted by atomic mass is 10.2. The van der Waals surface area contributed by atoms with E-state index in [1.54, 1.807) is 4.68 Å². The first-order valence-corrected chi connectivity index (χ1v) is 4.93. The van der Waals surface area contributed by atoms with E-state index in [2.05, 4.69) is 20.4 Å². The molecule has 0 aliphatic carbocycles. The van der Waals surface area contributed by atoms with Gasteiger partial charge in [0, 0.05) is 31.4 Å². The van der Waals surface area contributed by atoms with E-state index in [9.17, 15) is 4.79 Å². The zero-order valence-corrected chi connectivity index (χ0v) is 9.19. The standard InChI is InChI=1S/C10H13N5O/c1-7-8(5-15(2)14-7)4-11-9-3-10(16)13-6-12-9/h3,5-6H,4H2,1-2H3,(H2,11,12,13,16). The van der Waals surface area contributed by atoms with Crippen LogP contribution in [0.2, 0.25) is 0 Å². The van der Waals surface area contributed by atoms with Crippen molar-refractivity contribution in [2.75, 3.05) is 5.32 Å². The van der Waals surface area contributed by atoms with Crippen molar-refractivity contribution in [3.63, 3.8) is 0 Å². The van der Waals surface area contributed by atoms with Crippen molar-refractivity contribution >= 4 is 5.82 Å². The molecule has 6 heteroatoms. The Hall–Kier alpha value is -2.11. The molecule has 2 aromatic rings. The van der Waals surface area contributed by atoms with E-state index in [0.29, 0.717) is 12.4 Å². The Morgan fingerprint density at radius 1 is 1.56 bits per heavy atom. The summed E-state index contributed by atoms with van der Waals surface area (Å²) in [6.07, 6.45) is 3.32. The van der Waals surface area contributed by atoms with E-state index >= 15 is 0 Å². The molecule has 0 atom stereocenters. The largest absolute Gasteiger partial charge is 0.366 e. The number of anilines is 1. The van der Waals surface area contributed by atoms with Gasteiger partial charge in [-0.3, -0.25) is 9.48 Å². The molecule has 0 saturated heterocycles. The van der Waals surface area contributed by atoms with Gasteiger partial charge < -0.3 is 10.3 Å². The van der Waals surface area contributed by atoms with Crippen LogP contribution >= 0.6 is 0 Å². The average molecular weight is 219 g/mol. The molecule has 0 aliphatic heterocycles. The summed E-state index contributed by atoms with van der Waals surface area (Å²) >= 11 is 0. The van der Waals surface area contributed by atoms with Crippen LogP contribution in [0.25, 0.3) is 0 Å². The van der Waals surface area contributed by atoms with Crippen LogP contribution in [-0.4, -0.2) is 19.7 Å². The number of nitrogens with one attached hydrogen (secondary N) is 2. The van der Waals surface area contributed by atoms with Gasteiger partial charge in [-0.25, -0.2) is 4.98 Å². The van der Waals surface area contributed by atoms with Gasteiger partial charge >= 0.3 is 0 Å². The maximum absolute atomic E-state index is 11.0. The van der Waals surface area contributed by atoms with Crippen LogP contribution in [0.3, 0.4) is 0 Å². The monoisotopic (exact) mass is 219 g/mol. The van der Waals surface area contributed by atoms with Crippen LogP contribution in [-0.2, 0) is 13.6 Å². The molecule has 0 unspecified atom stereocenters. The molecule has 2 aromatic heterocycles. The summed E-state index contributed by atoms with van der Waals surface area (Å²) in [6.45, 7) is 2.55. The highest BCUT2D eigenvalue weighted by Crippen LogP contribution is 2.06. The topological polar surface area (TPSA) is 75.6 Å². The molecule has 2 heterocycles. The molecule has 6 nitrogen and oxygen atoms in total. The minimum atomic E-state index is -0.166. The van der Waals surface area contributed by atoms with Crippen LogP contribution in [0.1, 0.15) is 11.3 Å². The van der Waals surface area contributed by atoms with Crippen molar-refractivity contribution in [3.8, 4) is 0 Å². The molecule has 16 heavy (non-hydrogen) atoms. The van der Waals surface area contributed by atoms with Crippen molar-refractivity contribution in [1.29, 1.82) is 0 Å². The van der Waals surface area contributed by atoms with E-state index in [-0.39, 0.29) is 5.56 Å². The highest BCUT2D eigenvalue weighted by molar-refractivity contribution is 5.33. The van der Waals surface area contributed by atoms with Crippen molar-refractivity contribution in [2.24, 2.45) is 7.05 Å². The first-order valence-electron chi connectivity index (χ1n) is 4.93. The van der Waals surface area contributed by atoms with E-state index < -0.39 is 0 Å². The predicted octanol–water partition coefficient (Wildman–Crippen LogP) is 0.424. The van der Waals surface area contributed by atoms with Gasteiger partial charge in [0.15, 0.2) is 0 Å². The molecule has 0 aliphatic rings. The van der Waals surface area contributed by atoms with Gasteiger partial charge in [-0.05, 0) is 6.92 Å². The summed E-state index contributed by atoms with van der Waals surface area (Å²) in [5, 5.41) is 7.30. The molecule has 0 aromatic carbocycles. The summed E-state index contributed by atoms with van der Waals surface area (Å²) in [7, 11) is 1.88. The quantitative estimate of drug-likeness (QED) is 0.784. The van der Waals surface area contributed by atoms with Crippen molar-refractivity contribution < 1.29 is 0 Å². The van der Waals surface area contributed by atoms with Gasteiger partial charge in [0.1, 0.15) is 5.82 Å². The van der Waals surface area contributed by atoms with Gasteiger partial charge in [0.2, 0.25) is 0 Å². The van der Waals surface area contributed by atoms with Gasteiger partial charge in [-0.1, -0.05) is 0 Å². The van der Waals surface area contributed by atoms with Crippen LogP contribution in [0, 0.1) is 6.92 Å². The van der Waals surface area contributed by atoms with E-state index in [4.69, 9.17) is 0 Å². The lowest BCUT2D eigenvalue weighted by Crippen LogP contribution is -2.09. The van der Waals surface area contributed by atoms with Gasteiger partial charge in [0.25, 0.3) is 5.56 Å². The number of hydrogen-bond acceptors (Lipinski definition) is 4. The minimum Gasteiger partial charge on any atom is -0.366 e. The van der Waals surface area contributed by atoms with Crippen LogP contribution in [0.4, 0.5) is 5.82 Å². The number of hydrogen-bond donors (Lipinski definition) is 2. The Morgan fingerprint density at radius 3 is 3.00 bits per heavy atom. The molecule has 0 radical (unpaired) electrons. The fourth-order valence-electron chi connectivity index (χ4n) is 1.47. The molecular formula is C10H13N5O. The maximum Gasteiger partial charge on any atom is 0.252 e. The van der Waals surface area contributed by atoms with Crippen molar-refractivity contribution in [1.82, 2.24) is 19.7 Å². The summed E-state index contributed by atoms with van der Waals surface area (Å²) in [4.78, 5) is 17.5. The second kappa shape index (κ2) is 4.18. The van der Waals surface area contributed by atoms with Gasteiger partial charge in [0.05, 0.1) is 12.0 Å². The summed E-state index contributed by atoms with van der Waals surface area (Å²) < 4.78 is 1.76. The molecule has 2 rings (SSSR count). The number of rotatable bonds is 3. The molecule has 0 spiro atoms. The van der Waals surface area contributed by atoms with Gasteiger partial charge in [-0.15, -0.1) is 0 Å². The Balaban J connectivity index is 2.08. The number of aromatic amines is 1. The van der Waals surface area contributed by atoms with E-state index in [0.717, 1.165) is 11.3 Å². The Labute approximate surface area is 92.3 Å². The first-order chi connectivity index (χ1) is 7.65. The lowest BCUT2D eigenvalue weighted by molar-refractivity contribution is 0.756. The van der Waals surface area contributed by atoms with Crippen LogP contribution < -0.4 is 10.9 Å². The normalized spacial score (nSPS) is 10.4. The molecule has 0 fully saturated rings. The third-order valence-electron chi connectivity index (χ3n) is 2.25. The van der Waals surface area contributed by atoms with Crippen molar-refractivity contribution in [3.05, 3.63) is 40.2 Å². The highest BCUT2D eigenvalue weighted by Gasteiger charge is 2.02. The molecule has 0 amide bonds. The van der Waals surface area contributed by atoms with E-state index in [1.165, 1.54) is 12.4 Å². The molecule has 2 N–H and O–H groups in total. The van der Waals surface area contributed by atoms with Crippen LogP contribution in [0.5, 0.6) is 0 Å². The summed E-state index contributed by atoms with van der Waals surface area (Å²) in [5.74, 6) is 0.562. The Kier molecular flexibility index (Phi) is 2.72. The molecule has 0 saturated carbocycles. The zero-order valence-electron chi connectivity index (χ0n) is 9.19. The Bertz CT molecular complexity index is 542. The third-order valence-corrected chi connectivity index (χ3v) is 2.25. The Morgan fingerprint density at radius 2 is 2.38 bits per heavy atom. The second-order valence-electron chi connectivity index (χ2n) is 3.56. The fourth-order valence-corrected chi connectivity index (χ4v) is 1.47. The number of nitrogens with zero attached hydrogens (tertiary/aromatic N) is 3. The third kappa shape index (κ3) is 2.28. The number of aromatic nitrogens is 4. The van der Waals surface area contributed by atoms with Gasteiger partial charge in [-0.2, -0.15) is 5.10 Å². The smallest absolute Gasteiger partial charge is 0.252 e. The predicted molar refractivity (Wildman–Crippen MR) is 60.1 cm³/mol. The van der Waals surface area contributed by atoms with Crippen molar-refractivity contribution in [2.45, 2.75) is 13.5 Å². The number of H-pyrrole nitrogens is 1. The SMILES string of the molecule is Cc1nn(C)cc1CNc1cc(=O)[nH]cn1. The van der Waals surface area contributed by atoms with E-state index in [1.807, 2.05) is 20.2 Å². The molecular weight excluding hydrogens is 206 g/mol. The zero-order chi connectivity index (χ0) is 11.5. The molecule has 0 bridgehead atoms. The maximum atomic E-state index is 11.0. The second-order valence-corrected chi connectivity index (χ2v) is 3.56. The first kappa shape index (κ1) is 10.4. The van der Waals surface area contributed by atoms with Crippen LogP contribution in [0.15, 0.2) is 23.4 Å². The summed E-state index contributed by atoms with van der Waals surface area (Å²) in [5.41, 5.74) is 1.89. The lowest BCUT2D eigenvalue weighted by Gasteiger charge is -2.02. The summed E-state index contributed by atoms with van der Waals surface area (Å²) in [6, 6.07) is 1.42. The highest BCUT2D eigenvalue weighted by atomic mass is 16.1.